The zero-order valence-corrected chi connectivity index (χ0v) is 6.99. The van der Waals surface area contributed by atoms with Crippen LogP contribution in [0.4, 0.5) is 0 Å². The summed E-state index contributed by atoms with van der Waals surface area (Å²) in [5.41, 5.74) is 1.02. The van der Waals surface area contributed by atoms with Crippen LogP contribution in [0.3, 0.4) is 0 Å². The van der Waals surface area contributed by atoms with E-state index in [4.69, 9.17) is 4.74 Å². The third-order valence-corrected chi connectivity index (χ3v) is 1.73. The highest BCUT2D eigenvalue weighted by Gasteiger charge is 2.08. The van der Waals surface area contributed by atoms with E-state index in [9.17, 15) is 4.79 Å². The Morgan fingerprint density at radius 1 is 1.42 bits per heavy atom. The van der Waals surface area contributed by atoms with Crippen LogP contribution in [-0.2, 0) is 9.53 Å². The molecule has 63 valence electrons. The summed E-state index contributed by atoms with van der Waals surface area (Å²) in [6.45, 7) is 3.43. The fourth-order valence-corrected chi connectivity index (χ4v) is 1.11. The second-order valence-electron chi connectivity index (χ2n) is 2.51. The maximum absolute atomic E-state index is 10.0. The van der Waals surface area contributed by atoms with Crippen LogP contribution in [0.2, 0.25) is 0 Å². The highest BCUT2D eigenvalue weighted by molar-refractivity contribution is 5.39. The van der Waals surface area contributed by atoms with Crippen molar-refractivity contribution < 1.29 is 9.53 Å². The lowest BCUT2D eigenvalue weighted by Crippen LogP contribution is -2.00. The van der Waals surface area contributed by atoms with Gasteiger partial charge >= 0.3 is 6.47 Å². The van der Waals surface area contributed by atoms with Crippen LogP contribution >= 0.6 is 0 Å². The van der Waals surface area contributed by atoms with Crippen molar-refractivity contribution in [1.82, 2.24) is 0 Å². The molecule has 2 heteroatoms. The monoisotopic (exact) mass is 163 g/mol. The Balaban J connectivity index is 2.72. The predicted octanol–water partition coefficient (Wildman–Crippen LogP) is 2.22. The number of benzene rings is 1. The van der Waals surface area contributed by atoms with Crippen molar-refractivity contribution in [1.29, 1.82) is 0 Å². The molecular formula is C10H11O2. The van der Waals surface area contributed by atoms with Crippen molar-refractivity contribution in [2.24, 2.45) is 0 Å². The summed E-state index contributed by atoms with van der Waals surface area (Å²) in [7, 11) is 0. The third kappa shape index (κ3) is 2.09. The van der Waals surface area contributed by atoms with Gasteiger partial charge in [0.15, 0.2) is 0 Å². The molecule has 2 nitrogen and oxygen atoms in total. The number of ether oxygens (including phenoxy) is 1. The van der Waals surface area contributed by atoms with E-state index >= 15 is 0 Å². The Morgan fingerprint density at radius 2 is 2.08 bits per heavy atom. The van der Waals surface area contributed by atoms with E-state index in [1.54, 1.807) is 0 Å². The molecule has 0 spiro atoms. The molecule has 0 heterocycles. The second kappa shape index (κ2) is 4.54. The molecule has 12 heavy (non-hydrogen) atoms. The normalized spacial score (nSPS) is 12.1. The summed E-state index contributed by atoms with van der Waals surface area (Å²) in [5, 5.41) is 0. The summed E-state index contributed by atoms with van der Waals surface area (Å²) >= 11 is 0. The number of hydrogen-bond donors (Lipinski definition) is 0. The standard InChI is InChI=1S/C10H11O2/c1-2-10(12-8-11)9-6-4-3-5-7-9/h3-7,10H,2H2,1H3. The van der Waals surface area contributed by atoms with Crippen molar-refractivity contribution in [2.45, 2.75) is 19.4 Å². The van der Waals surface area contributed by atoms with Crippen molar-refractivity contribution in [3.05, 3.63) is 35.9 Å². The van der Waals surface area contributed by atoms with Gasteiger partial charge in [-0.25, -0.2) is 4.79 Å². The first-order valence-corrected chi connectivity index (χ1v) is 3.96. The van der Waals surface area contributed by atoms with Crippen LogP contribution < -0.4 is 0 Å². The van der Waals surface area contributed by atoms with Gasteiger partial charge in [0.05, 0.1) is 0 Å². The molecule has 1 unspecified atom stereocenters. The maximum atomic E-state index is 10.0. The lowest BCUT2D eigenvalue weighted by atomic mass is 10.1. The Labute approximate surface area is 72.2 Å². The molecule has 1 radical (unpaired) electrons. The fourth-order valence-electron chi connectivity index (χ4n) is 1.11. The molecule has 0 aliphatic heterocycles. The smallest absolute Gasteiger partial charge is 0.418 e. The first-order valence-electron chi connectivity index (χ1n) is 3.96. The Hall–Kier alpha value is -1.31. The van der Waals surface area contributed by atoms with E-state index in [2.05, 4.69) is 0 Å². The minimum absolute atomic E-state index is 0.149. The van der Waals surface area contributed by atoms with Crippen LogP contribution in [-0.4, -0.2) is 6.47 Å². The average molecular weight is 163 g/mol. The van der Waals surface area contributed by atoms with Crippen molar-refractivity contribution in [2.75, 3.05) is 0 Å². The summed E-state index contributed by atoms with van der Waals surface area (Å²) in [4.78, 5) is 10.0. The van der Waals surface area contributed by atoms with Gasteiger partial charge in [-0.2, -0.15) is 0 Å². The van der Waals surface area contributed by atoms with Gasteiger partial charge in [-0.05, 0) is 12.0 Å². The molecule has 0 amide bonds. The lowest BCUT2D eigenvalue weighted by Gasteiger charge is -2.11. The van der Waals surface area contributed by atoms with Gasteiger partial charge in [0, 0.05) is 0 Å². The first-order chi connectivity index (χ1) is 5.88. The topological polar surface area (TPSA) is 26.3 Å². The van der Waals surface area contributed by atoms with Crippen LogP contribution in [0.25, 0.3) is 0 Å². The molecule has 1 atom stereocenters. The number of hydrogen-bond acceptors (Lipinski definition) is 2. The van der Waals surface area contributed by atoms with Gasteiger partial charge in [0.2, 0.25) is 0 Å². The highest BCUT2D eigenvalue weighted by atomic mass is 16.5. The van der Waals surface area contributed by atoms with Crippen LogP contribution in [0.5, 0.6) is 0 Å². The fraction of sp³-hybridized carbons (Fsp3) is 0.300. The van der Waals surface area contributed by atoms with E-state index in [1.165, 1.54) is 6.47 Å². The summed E-state index contributed by atoms with van der Waals surface area (Å²) in [6, 6.07) is 9.65. The van der Waals surface area contributed by atoms with Crippen molar-refractivity contribution >= 4 is 6.47 Å². The Bertz CT molecular complexity index is 231. The summed E-state index contributed by atoms with van der Waals surface area (Å²) < 4.78 is 4.77. The van der Waals surface area contributed by atoms with E-state index in [0.717, 1.165) is 12.0 Å². The minimum atomic E-state index is -0.149. The van der Waals surface area contributed by atoms with Crippen LogP contribution in [0, 0.1) is 0 Å². The molecule has 0 aromatic heterocycles. The van der Waals surface area contributed by atoms with Crippen molar-refractivity contribution in [3.63, 3.8) is 0 Å². The highest BCUT2D eigenvalue weighted by Crippen LogP contribution is 2.18. The minimum Gasteiger partial charge on any atom is -0.449 e. The third-order valence-electron chi connectivity index (χ3n) is 1.73. The van der Waals surface area contributed by atoms with Gasteiger partial charge in [-0.15, -0.1) is 0 Å². The van der Waals surface area contributed by atoms with Crippen LogP contribution in [0.15, 0.2) is 30.3 Å². The molecule has 0 saturated carbocycles. The molecule has 0 N–H and O–H groups in total. The van der Waals surface area contributed by atoms with Gasteiger partial charge in [-0.3, -0.25) is 0 Å². The van der Waals surface area contributed by atoms with Gasteiger partial charge in [0.1, 0.15) is 6.10 Å². The molecular weight excluding hydrogens is 152 g/mol. The second-order valence-corrected chi connectivity index (χ2v) is 2.51. The van der Waals surface area contributed by atoms with Gasteiger partial charge < -0.3 is 4.74 Å². The Kier molecular flexibility index (Phi) is 3.33. The molecule has 0 fully saturated rings. The summed E-state index contributed by atoms with van der Waals surface area (Å²) in [6.07, 6.45) is 0.628. The quantitative estimate of drug-likeness (QED) is 0.680. The number of rotatable bonds is 4. The molecule has 0 aliphatic rings. The van der Waals surface area contributed by atoms with Crippen LogP contribution in [0.1, 0.15) is 25.0 Å². The van der Waals surface area contributed by atoms with E-state index in [1.807, 2.05) is 37.3 Å². The zero-order valence-electron chi connectivity index (χ0n) is 6.99. The largest absolute Gasteiger partial charge is 0.449 e. The molecule has 1 rings (SSSR count). The van der Waals surface area contributed by atoms with E-state index in [-0.39, 0.29) is 6.10 Å². The molecule has 0 bridgehead atoms. The SMILES string of the molecule is CCC(O[C]=O)c1ccccc1. The molecule has 1 aromatic carbocycles. The lowest BCUT2D eigenvalue weighted by molar-refractivity contribution is 0.175. The zero-order chi connectivity index (χ0) is 8.81. The molecule has 0 aliphatic carbocycles. The van der Waals surface area contributed by atoms with E-state index in [0.29, 0.717) is 0 Å². The maximum Gasteiger partial charge on any atom is 0.418 e. The molecule has 0 saturated heterocycles. The van der Waals surface area contributed by atoms with Gasteiger partial charge in [0.25, 0.3) is 0 Å². The Morgan fingerprint density at radius 3 is 2.58 bits per heavy atom. The number of carbonyl (C=O) groups excluding carboxylic acids is 1. The van der Waals surface area contributed by atoms with Crippen molar-refractivity contribution in [3.8, 4) is 0 Å². The molecule has 1 aromatic rings. The first kappa shape index (κ1) is 8.78. The van der Waals surface area contributed by atoms with Gasteiger partial charge in [-0.1, -0.05) is 37.3 Å². The average Bonchev–Trinajstić information content (AvgIpc) is 2.15. The van der Waals surface area contributed by atoms with E-state index < -0.39 is 0 Å². The predicted molar refractivity (Wildman–Crippen MR) is 46.3 cm³/mol. The summed E-state index contributed by atoms with van der Waals surface area (Å²) in [5.74, 6) is 0.